The van der Waals surface area contributed by atoms with Crippen molar-refractivity contribution in [2.24, 2.45) is 5.73 Å². The second-order valence-corrected chi connectivity index (χ2v) is 11.6. The van der Waals surface area contributed by atoms with E-state index in [1.807, 2.05) is 97.1 Å². The molecule has 1 amide bonds. The molecule has 0 fully saturated rings. The number of benzene rings is 5. The fourth-order valence-electron chi connectivity index (χ4n) is 5.64. The summed E-state index contributed by atoms with van der Waals surface area (Å²) < 4.78 is 11.3. The van der Waals surface area contributed by atoms with Gasteiger partial charge in [0.05, 0.1) is 0 Å². The van der Waals surface area contributed by atoms with Gasteiger partial charge in [0.2, 0.25) is 0 Å². The zero-order valence-corrected chi connectivity index (χ0v) is 26.8. The first-order chi connectivity index (χ1) is 23.8. The van der Waals surface area contributed by atoms with E-state index in [-0.39, 0.29) is 18.9 Å². The highest BCUT2D eigenvalue weighted by atomic mass is 16.5. The van der Waals surface area contributed by atoms with E-state index in [1.54, 1.807) is 24.3 Å². The van der Waals surface area contributed by atoms with E-state index in [0.717, 1.165) is 38.9 Å². The van der Waals surface area contributed by atoms with Crippen LogP contribution in [0.3, 0.4) is 0 Å². The predicted molar refractivity (Wildman–Crippen MR) is 186 cm³/mol. The monoisotopic (exact) mass is 658 g/mol. The van der Waals surface area contributed by atoms with Crippen LogP contribution in [0.1, 0.15) is 33.7 Å². The maximum Gasteiger partial charge on any atom is 0.407 e. The van der Waals surface area contributed by atoms with Crippen molar-refractivity contribution in [3.8, 4) is 16.9 Å². The van der Waals surface area contributed by atoms with Gasteiger partial charge < -0.3 is 30.7 Å². The van der Waals surface area contributed by atoms with Gasteiger partial charge in [0.1, 0.15) is 31.0 Å². The number of hydrogen-bond donors (Lipinski definition) is 4. The number of nitrogens with two attached hydrogens (primary N) is 1. The van der Waals surface area contributed by atoms with Gasteiger partial charge in [-0.2, -0.15) is 0 Å². The van der Waals surface area contributed by atoms with Crippen LogP contribution in [-0.4, -0.2) is 46.9 Å². The Morgan fingerprint density at radius 1 is 0.633 bits per heavy atom. The van der Waals surface area contributed by atoms with E-state index in [2.05, 4.69) is 17.4 Å². The summed E-state index contributed by atoms with van der Waals surface area (Å²) in [5.41, 5.74) is 12.6. The number of ether oxygens (including phenoxy) is 2. The molecule has 5 aromatic rings. The van der Waals surface area contributed by atoms with Crippen molar-refractivity contribution in [2.45, 2.75) is 37.5 Å². The summed E-state index contributed by atoms with van der Waals surface area (Å²) in [6.07, 6.45) is -0.244. The Morgan fingerprint density at radius 2 is 1.14 bits per heavy atom. The van der Waals surface area contributed by atoms with Crippen molar-refractivity contribution in [1.29, 1.82) is 0 Å². The number of carbonyl (C=O) groups is 3. The molecule has 0 aliphatic heterocycles. The van der Waals surface area contributed by atoms with Crippen molar-refractivity contribution >= 4 is 18.0 Å². The van der Waals surface area contributed by atoms with Gasteiger partial charge >= 0.3 is 18.0 Å². The van der Waals surface area contributed by atoms with Crippen LogP contribution in [0.15, 0.2) is 133 Å². The predicted octanol–water partition coefficient (Wildman–Crippen LogP) is 6.44. The topological polar surface area (TPSA) is 148 Å². The molecule has 1 aliphatic carbocycles. The Bertz CT molecular complexity index is 1800. The molecule has 9 heteroatoms. The molecular formula is C40H38N2O7. The van der Waals surface area contributed by atoms with Crippen molar-refractivity contribution in [3.05, 3.63) is 161 Å². The molecule has 6 rings (SSSR count). The summed E-state index contributed by atoms with van der Waals surface area (Å²) in [5, 5.41) is 20.7. The summed E-state index contributed by atoms with van der Waals surface area (Å²) in [5.74, 6) is -1.49. The van der Waals surface area contributed by atoms with Crippen LogP contribution in [0, 0.1) is 0 Å². The highest BCUT2D eigenvalue weighted by Gasteiger charge is 2.30. The fraction of sp³-hybridized carbons (Fsp3) is 0.175. The molecule has 0 saturated carbocycles. The molecular weight excluding hydrogens is 620 g/mol. The number of amides is 1. The Hall–Kier alpha value is -5.93. The van der Waals surface area contributed by atoms with Gasteiger partial charge in [-0.1, -0.05) is 121 Å². The van der Waals surface area contributed by atoms with Crippen LogP contribution in [0.4, 0.5) is 4.79 Å². The van der Waals surface area contributed by atoms with Crippen LogP contribution in [0.25, 0.3) is 11.1 Å². The lowest BCUT2D eigenvalue weighted by atomic mass is 9.98. The zero-order valence-electron chi connectivity index (χ0n) is 26.8. The summed E-state index contributed by atoms with van der Waals surface area (Å²) >= 11 is 0. The van der Waals surface area contributed by atoms with E-state index in [1.165, 1.54) is 0 Å². The second-order valence-electron chi connectivity index (χ2n) is 11.6. The summed E-state index contributed by atoms with van der Waals surface area (Å²) in [6, 6.07) is 40.6. The molecule has 0 heterocycles. The van der Waals surface area contributed by atoms with Crippen LogP contribution >= 0.6 is 0 Å². The molecule has 250 valence electrons. The van der Waals surface area contributed by atoms with E-state index < -0.39 is 30.1 Å². The normalized spacial score (nSPS) is 12.7. The van der Waals surface area contributed by atoms with Crippen LogP contribution in [0.5, 0.6) is 5.75 Å². The summed E-state index contributed by atoms with van der Waals surface area (Å²) in [7, 11) is 0. The highest BCUT2D eigenvalue weighted by molar-refractivity contribution is 5.81. The number of carboxylic acid groups (broad SMARTS) is 2. The highest BCUT2D eigenvalue weighted by Crippen LogP contribution is 2.44. The van der Waals surface area contributed by atoms with Crippen LogP contribution < -0.4 is 15.8 Å². The summed E-state index contributed by atoms with van der Waals surface area (Å²) in [6.45, 7) is 0.570. The Kier molecular flexibility index (Phi) is 11.8. The van der Waals surface area contributed by atoms with Gasteiger partial charge in [-0.15, -0.1) is 0 Å². The maximum atomic E-state index is 12.6. The second kappa shape index (κ2) is 16.8. The zero-order chi connectivity index (χ0) is 34.6. The first-order valence-electron chi connectivity index (χ1n) is 15.9. The van der Waals surface area contributed by atoms with E-state index in [0.29, 0.717) is 18.8 Å². The molecule has 1 aliphatic rings. The Morgan fingerprint density at radius 3 is 1.69 bits per heavy atom. The van der Waals surface area contributed by atoms with Crippen molar-refractivity contribution in [2.75, 3.05) is 6.61 Å². The number of hydrogen-bond acceptors (Lipinski definition) is 6. The molecule has 0 aromatic heterocycles. The lowest BCUT2D eigenvalue weighted by Gasteiger charge is -2.17. The molecule has 2 atom stereocenters. The minimum atomic E-state index is -1.13. The van der Waals surface area contributed by atoms with Gasteiger partial charge in [-0.05, 0) is 57.5 Å². The lowest BCUT2D eigenvalue weighted by Crippen LogP contribution is -2.42. The molecule has 0 spiro atoms. The third-order valence-electron chi connectivity index (χ3n) is 8.16. The minimum absolute atomic E-state index is 0.0927. The fourth-order valence-corrected chi connectivity index (χ4v) is 5.64. The third kappa shape index (κ3) is 9.56. The van der Waals surface area contributed by atoms with Crippen molar-refractivity contribution in [3.63, 3.8) is 0 Å². The van der Waals surface area contributed by atoms with E-state index in [4.69, 9.17) is 20.3 Å². The average Bonchev–Trinajstić information content (AvgIpc) is 3.44. The minimum Gasteiger partial charge on any atom is -0.489 e. The first kappa shape index (κ1) is 34.4. The van der Waals surface area contributed by atoms with Crippen molar-refractivity contribution in [1.82, 2.24) is 5.32 Å². The number of carboxylic acids is 2. The number of fused-ring (bicyclic) bond motifs is 3. The number of aliphatic carboxylic acids is 2. The maximum absolute atomic E-state index is 12.6. The smallest absolute Gasteiger partial charge is 0.407 e. The van der Waals surface area contributed by atoms with Gasteiger partial charge in [0.25, 0.3) is 0 Å². The first-order valence-corrected chi connectivity index (χ1v) is 15.9. The average molecular weight is 659 g/mol. The van der Waals surface area contributed by atoms with E-state index in [9.17, 15) is 19.5 Å². The van der Waals surface area contributed by atoms with Crippen LogP contribution in [-0.2, 0) is 33.8 Å². The Labute approximate surface area is 284 Å². The lowest BCUT2D eigenvalue weighted by molar-refractivity contribution is -0.139. The largest absolute Gasteiger partial charge is 0.489 e. The molecule has 2 unspecified atom stereocenters. The molecule has 0 bridgehead atoms. The Balaban J connectivity index is 0.000000330. The van der Waals surface area contributed by atoms with Gasteiger partial charge in [-0.25, -0.2) is 9.59 Å². The summed E-state index contributed by atoms with van der Waals surface area (Å²) in [4.78, 5) is 34.8. The number of rotatable bonds is 12. The number of nitrogens with one attached hydrogen (secondary N) is 1. The van der Waals surface area contributed by atoms with Crippen molar-refractivity contribution < 1.29 is 34.1 Å². The van der Waals surface area contributed by atoms with Crippen LogP contribution in [0.2, 0.25) is 0 Å². The SMILES string of the molecule is NC(Cc1ccccc1)C(=O)O.O=C(NC(Cc1ccc(OCc2ccccc2)cc1)C(=O)O)OCC1c2ccccc2-c2ccccc21. The van der Waals surface area contributed by atoms with Gasteiger partial charge in [0.15, 0.2) is 0 Å². The standard InChI is InChI=1S/C31H27NO5.C9H11NO2/c33-30(34)29(18-21-14-16-23(17-15-21)36-19-22-8-2-1-3-9-22)32-31(35)37-20-28-26-12-6-4-10-24(26)25-11-5-7-13-27(25)28;10-8(9(11)12)6-7-4-2-1-3-5-7/h1-17,28-29H,18-20H2,(H,32,35)(H,33,34);1-5,8H,6,10H2,(H,11,12). The molecule has 49 heavy (non-hydrogen) atoms. The molecule has 0 saturated heterocycles. The molecule has 5 N–H and O–H groups in total. The quantitative estimate of drug-likeness (QED) is 0.120. The third-order valence-corrected chi connectivity index (χ3v) is 8.16. The van der Waals surface area contributed by atoms with Gasteiger partial charge in [0, 0.05) is 12.3 Å². The molecule has 0 radical (unpaired) electrons. The molecule has 5 aromatic carbocycles. The van der Waals surface area contributed by atoms with E-state index >= 15 is 0 Å². The number of alkyl carbamates (subject to hydrolysis) is 1. The van der Waals surface area contributed by atoms with Gasteiger partial charge in [-0.3, -0.25) is 4.79 Å². The number of carbonyl (C=O) groups excluding carboxylic acids is 1. The molecule has 9 nitrogen and oxygen atoms in total.